The van der Waals surface area contributed by atoms with Crippen LogP contribution in [0.4, 0.5) is 17.2 Å². The van der Waals surface area contributed by atoms with Crippen LogP contribution in [0.25, 0.3) is 0 Å². The van der Waals surface area contributed by atoms with Crippen LogP contribution >= 0.6 is 11.6 Å². The van der Waals surface area contributed by atoms with E-state index in [2.05, 4.69) is 21.1 Å². The molecule has 1 aromatic heterocycles. The molecule has 0 amide bonds. The molecule has 2 N–H and O–H groups in total. The molecule has 0 atom stereocenters. The first-order chi connectivity index (χ1) is 12.9. The summed E-state index contributed by atoms with van der Waals surface area (Å²) in [5.41, 5.74) is 2.72. The molecular formula is C19H15ClN4O2S. The van der Waals surface area contributed by atoms with Crippen molar-refractivity contribution in [2.24, 2.45) is 0 Å². The van der Waals surface area contributed by atoms with Gasteiger partial charge in [-0.25, -0.2) is 13.4 Å². The summed E-state index contributed by atoms with van der Waals surface area (Å²) >= 11 is 5.94. The van der Waals surface area contributed by atoms with E-state index in [0.29, 0.717) is 21.8 Å². The van der Waals surface area contributed by atoms with Crippen molar-refractivity contribution in [1.29, 1.82) is 5.26 Å². The molecule has 0 saturated carbocycles. The fraction of sp³-hybridized carbons (Fsp3) is 0.0526. The van der Waals surface area contributed by atoms with E-state index in [1.165, 1.54) is 18.3 Å². The second-order valence-corrected chi connectivity index (χ2v) is 7.85. The molecule has 136 valence electrons. The molecular weight excluding hydrogens is 384 g/mol. The maximum atomic E-state index is 12.5. The third-order valence-electron chi connectivity index (χ3n) is 3.74. The van der Waals surface area contributed by atoms with Crippen LogP contribution in [-0.2, 0) is 10.0 Å². The van der Waals surface area contributed by atoms with E-state index in [-0.39, 0.29) is 10.7 Å². The zero-order valence-corrected chi connectivity index (χ0v) is 15.8. The van der Waals surface area contributed by atoms with E-state index in [4.69, 9.17) is 16.9 Å². The average Bonchev–Trinajstić information content (AvgIpc) is 2.66. The van der Waals surface area contributed by atoms with E-state index < -0.39 is 10.0 Å². The van der Waals surface area contributed by atoms with Gasteiger partial charge in [0, 0.05) is 10.7 Å². The van der Waals surface area contributed by atoms with Gasteiger partial charge in [-0.05, 0) is 67.1 Å². The zero-order chi connectivity index (χ0) is 19.4. The predicted octanol–water partition coefficient (Wildman–Crippen LogP) is 4.46. The lowest BCUT2D eigenvalue weighted by atomic mass is 10.2. The summed E-state index contributed by atoms with van der Waals surface area (Å²) in [6.45, 7) is 1.74. The third kappa shape index (κ3) is 4.56. The van der Waals surface area contributed by atoms with Gasteiger partial charge in [0.05, 0.1) is 28.4 Å². The number of nitriles is 1. The first-order valence-electron chi connectivity index (χ1n) is 7.89. The topological polar surface area (TPSA) is 94.9 Å². The molecule has 0 saturated heterocycles. The fourth-order valence-corrected chi connectivity index (χ4v) is 3.51. The number of sulfonamides is 1. The van der Waals surface area contributed by atoms with E-state index in [0.717, 1.165) is 5.69 Å². The summed E-state index contributed by atoms with van der Waals surface area (Å²) in [5, 5.41) is 12.4. The predicted molar refractivity (Wildman–Crippen MR) is 106 cm³/mol. The van der Waals surface area contributed by atoms with Gasteiger partial charge in [-0.3, -0.25) is 4.72 Å². The molecule has 3 aromatic rings. The molecule has 0 fully saturated rings. The largest absolute Gasteiger partial charge is 0.354 e. The molecule has 6 nitrogen and oxygen atoms in total. The normalized spacial score (nSPS) is 10.9. The lowest BCUT2D eigenvalue weighted by molar-refractivity contribution is 0.601. The van der Waals surface area contributed by atoms with Crippen LogP contribution < -0.4 is 10.0 Å². The molecule has 27 heavy (non-hydrogen) atoms. The number of benzene rings is 2. The van der Waals surface area contributed by atoms with Crippen LogP contribution in [0.3, 0.4) is 0 Å². The molecule has 0 spiro atoms. The van der Waals surface area contributed by atoms with Crippen molar-refractivity contribution in [3.8, 4) is 6.07 Å². The Balaban J connectivity index is 1.72. The van der Waals surface area contributed by atoms with Gasteiger partial charge < -0.3 is 5.32 Å². The van der Waals surface area contributed by atoms with E-state index in [1.54, 1.807) is 49.4 Å². The number of hydrogen-bond acceptors (Lipinski definition) is 5. The van der Waals surface area contributed by atoms with Crippen LogP contribution in [0.2, 0.25) is 5.02 Å². The molecule has 0 radical (unpaired) electrons. The van der Waals surface area contributed by atoms with Gasteiger partial charge in [-0.2, -0.15) is 5.26 Å². The highest BCUT2D eigenvalue weighted by molar-refractivity contribution is 7.92. The first-order valence-corrected chi connectivity index (χ1v) is 9.76. The maximum absolute atomic E-state index is 12.5. The van der Waals surface area contributed by atoms with Crippen molar-refractivity contribution in [1.82, 2.24) is 4.98 Å². The lowest BCUT2D eigenvalue weighted by Crippen LogP contribution is -2.14. The highest BCUT2D eigenvalue weighted by atomic mass is 35.5. The molecule has 0 aliphatic rings. The number of pyridine rings is 1. The Hall–Kier alpha value is -3.08. The monoisotopic (exact) mass is 398 g/mol. The number of aryl methyl sites for hydroxylation is 1. The number of hydrogen-bond donors (Lipinski definition) is 2. The van der Waals surface area contributed by atoms with E-state index >= 15 is 0 Å². The number of rotatable bonds is 5. The number of aromatic nitrogens is 1. The van der Waals surface area contributed by atoms with Gasteiger partial charge in [-0.15, -0.1) is 0 Å². The van der Waals surface area contributed by atoms with Crippen molar-refractivity contribution in [2.75, 3.05) is 10.0 Å². The summed E-state index contributed by atoms with van der Waals surface area (Å²) < 4.78 is 27.4. The highest BCUT2D eigenvalue weighted by Gasteiger charge is 2.15. The summed E-state index contributed by atoms with van der Waals surface area (Å²) in [6.07, 6.45) is 1.52. The van der Waals surface area contributed by atoms with Gasteiger partial charge in [0.25, 0.3) is 10.0 Å². The van der Waals surface area contributed by atoms with Crippen molar-refractivity contribution >= 4 is 38.8 Å². The van der Waals surface area contributed by atoms with Crippen molar-refractivity contribution in [2.45, 2.75) is 11.8 Å². The molecule has 8 heteroatoms. The number of halogens is 1. The Kier molecular flexibility index (Phi) is 5.31. The first kappa shape index (κ1) is 18.7. The molecule has 0 aliphatic heterocycles. The smallest absolute Gasteiger partial charge is 0.263 e. The second-order valence-electron chi connectivity index (χ2n) is 5.76. The van der Waals surface area contributed by atoms with Crippen LogP contribution in [0.1, 0.15) is 11.1 Å². The van der Waals surface area contributed by atoms with Crippen LogP contribution in [0.15, 0.2) is 65.7 Å². The Morgan fingerprint density at radius 2 is 1.74 bits per heavy atom. The van der Waals surface area contributed by atoms with Crippen molar-refractivity contribution < 1.29 is 8.42 Å². The van der Waals surface area contributed by atoms with E-state index in [1.807, 2.05) is 0 Å². The van der Waals surface area contributed by atoms with Crippen LogP contribution in [0.5, 0.6) is 0 Å². The minimum absolute atomic E-state index is 0.117. The summed E-state index contributed by atoms with van der Waals surface area (Å²) in [7, 11) is -3.75. The minimum atomic E-state index is -3.75. The molecule has 1 heterocycles. The van der Waals surface area contributed by atoms with Crippen molar-refractivity contribution in [3.63, 3.8) is 0 Å². The Bertz CT molecular complexity index is 1110. The third-order valence-corrected chi connectivity index (χ3v) is 5.52. The van der Waals surface area contributed by atoms with Crippen LogP contribution in [-0.4, -0.2) is 13.4 Å². The van der Waals surface area contributed by atoms with Gasteiger partial charge >= 0.3 is 0 Å². The Morgan fingerprint density at radius 3 is 2.33 bits per heavy atom. The van der Waals surface area contributed by atoms with Gasteiger partial charge in [-0.1, -0.05) is 11.6 Å². The van der Waals surface area contributed by atoms with E-state index in [9.17, 15) is 8.42 Å². The maximum Gasteiger partial charge on any atom is 0.263 e. The highest BCUT2D eigenvalue weighted by Crippen LogP contribution is 2.22. The van der Waals surface area contributed by atoms with Crippen LogP contribution in [0, 0.1) is 18.3 Å². The summed E-state index contributed by atoms with van der Waals surface area (Å²) in [5.74, 6) is 0.202. The lowest BCUT2D eigenvalue weighted by Gasteiger charge is -2.10. The zero-order valence-electron chi connectivity index (χ0n) is 14.3. The molecule has 0 aliphatic carbocycles. The molecule has 2 aromatic carbocycles. The molecule has 3 rings (SSSR count). The standard InChI is InChI=1S/C19H15ClN4O2S/c1-13-10-17(7-8-18(13)20)27(25,26)24-19-9-6-16(12-22-19)23-15-4-2-14(11-21)3-5-15/h2-10,12,23H,1H3,(H,22,24). The van der Waals surface area contributed by atoms with Crippen molar-refractivity contribution in [3.05, 3.63) is 76.9 Å². The Labute approximate surface area is 162 Å². The fourth-order valence-electron chi connectivity index (χ4n) is 2.30. The Morgan fingerprint density at radius 1 is 1.04 bits per heavy atom. The summed E-state index contributed by atoms with van der Waals surface area (Å²) in [4.78, 5) is 4.24. The molecule has 0 bridgehead atoms. The van der Waals surface area contributed by atoms with Gasteiger partial charge in [0.1, 0.15) is 5.82 Å². The quantitative estimate of drug-likeness (QED) is 0.661. The average molecular weight is 399 g/mol. The van der Waals surface area contributed by atoms with Gasteiger partial charge in [0.2, 0.25) is 0 Å². The SMILES string of the molecule is Cc1cc(S(=O)(=O)Nc2ccc(Nc3ccc(C#N)cc3)cn2)ccc1Cl. The van der Waals surface area contributed by atoms with Gasteiger partial charge in [0.15, 0.2) is 0 Å². The number of nitrogens with zero attached hydrogens (tertiary/aromatic N) is 2. The second kappa shape index (κ2) is 7.66. The number of nitrogens with one attached hydrogen (secondary N) is 2. The minimum Gasteiger partial charge on any atom is -0.354 e. The summed E-state index contributed by atoms with van der Waals surface area (Å²) in [6, 6.07) is 16.8. The number of anilines is 3. The molecule has 0 unspecified atom stereocenters.